The van der Waals surface area contributed by atoms with Crippen LogP contribution in [0.15, 0.2) is 55.0 Å². The van der Waals surface area contributed by atoms with Crippen LogP contribution in [0.2, 0.25) is 0 Å². The van der Waals surface area contributed by atoms with Gasteiger partial charge in [-0.3, -0.25) is 14.9 Å². The van der Waals surface area contributed by atoms with E-state index in [4.69, 9.17) is 0 Å². The first-order valence-electron chi connectivity index (χ1n) is 8.41. The molecule has 27 heavy (non-hydrogen) atoms. The van der Waals surface area contributed by atoms with Crippen LogP contribution in [-0.4, -0.2) is 36.0 Å². The predicted molar refractivity (Wildman–Crippen MR) is 99.5 cm³/mol. The van der Waals surface area contributed by atoms with Crippen molar-refractivity contribution in [1.82, 2.24) is 35.5 Å². The second-order valence-electron chi connectivity index (χ2n) is 6.00. The molecule has 8 nitrogen and oxygen atoms in total. The standard InChI is InChI=1S/C19H17N7O/c1-12-5-7-13(8-6-12)16-17(14-4-2-3-9-20-14)25-15(24-16)10-21-19(27)18-22-11-23-26-18/h2-9,11H,10H2,1H3,(H,21,27)(H,24,25)(H,22,23,26). The molecule has 3 heterocycles. The first-order valence-corrected chi connectivity index (χ1v) is 8.41. The summed E-state index contributed by atoms with van der Waals surface area (Å²) in [6, 6.07) is 13.8. The molecule has 8 heteroatoms. The number of benzene rings is 1. The van der Waals surface area contributed by atoms with Crippen molar-refractivity contribution in [3.8, 4) is 22.6 Å². The zero-order valence-electron chi connectivity index (χ0n) is 14.6. The quantitative estimate of drug-likeness (QED) is 0.507. The minimum absolute atomic E-state index is 0.158. The molecule has 4 rings (SSSR count). The number of hydrogen-bond acceptors (Lipinski definition) is 5. The summed E-state index contributed by atoms with van der Waals surface area (Å²) in [5.41, 5.74) is 4.54. The van der Waals surface area contributed by atoms with E-state index in [1.807, 2.05) is 49.4 Å². The third-order valence-corrected chi connectivity index (χ3v) is 4.05. The van der Waals surface area contributed by atoms with Gasteiger partial charge < -0.3 is 10.3 Å². The Kier molecular flexibility index (Phi) is 4.44. The number of amides is 1. The first-order chi connectivity index (χ1) is 13.2. The molecule has 1 aromatic carbocycles. The normalized spacial score (nSPS) is 10.7. The van der Waals surface area contributed by atoms with Crippen molar-refractivity contribution in [3.63, 3.8) is 0 Å². The van der Waals surface area contributed by atoms with Crippen LogP contribution in [-0.2, 0) is 6.54 Å². The van der Waals surface area contributed by atoms with Gasteiger partial charge in [0.05, 0.1) is 23.6 Å². The molecule has 1 amide bonds. The highest BCUT2D eigenvalue weighted by atomic mass is 16.2. The Bertz CT molecular complexity index is 1040. The molecule has 0 atom stereocenters. The van der Waals surface area contributed by atoms with Gasteiger partial charge in [0.15, 0.2) is 0 Å². The number of aryl methyl sites for hydroxylation is 1. The van der Waals surface area contributed by atoms with Gasteiger partial charge in [-0.05, 0) is 19.1 Å². The summed E-state index contributed by atoms with van der Waals surface area (Å²) >= 11 is 0. The molecule has 0 saturated carbocycles. The second kappa shape index (κ2) is 7.20. The maximum absolute atomic E-state index is 12.0. The lowest BCUT2D eigenvalue weighted by atomic mass is 10.1. The maximum Gasteiger partial charge on any atom is 0.288 e. The van der Waals surface area contributed by atoms with E-state index in [-0.39, 0.29) is 18.3 Å². The average Bonchev–Trinajstić information content (AvgIpc) is 3.38. The number of aromatic nitrogens is 6. The Labute approximate surface area is 155 Å². The van der Waals surface area contributed by atoms with E-state index in [1.165, 1.54) is 11.9 Å². The minimum atomic E-state index is -0.347. The minimum Gasteiger partial charge on any atom is -0.342 e. The van der Waals surface area contributed by atoms with Crippen LogP contribution in [0.1, 0.15) is 22.0 Å². The van der Waals surface area contributed by atoms with Gasteiger partial charge in [0.25, 0.3) is 5.91 Å². The lowest BCUT2D eigenvalue weighted by Gasteiger charge is -2.02. The zero-order chi connectivity index (χ0) is 18.6. The molecule has 4 aromatic rings. The van der Waals surface area contributed by atoms with Crippen LogP contribution in [0.3, 0.4) is 0 Å². The highest BCUT2D eigenvalue weighted by Crippen LogP contribution is 2.29. The van der Waals surface area contributed by atoms with Gasteiger partial charge in [0.2, 0.25) is 5.82 Å². The van der Waals surface area contributed by atoms with Crippen molar-refractivity contribution < 1.29 is 4.79 Å². The van der Waals surface area contributed by atoms with Gasteiger partial charge >= 0.3 is 0 Å². The van der Waals surface area contributed by atoms with Crippen molar-refractivity contribution in [1.29, 1.82) is 0 Å². The number of rotatable bonds is 5. The van der Waals surface area contributed by atoms with Crippen LogP contribution < -0.4 is 5.32 Å². The van der Waals surface area contributed by atoms with Crippen molar-refractivity contribution in [2.24, 2.45) is 0 Å². The Morgan fingerprint density at radius 1 is 1.11 bits per heavy atom. The summed E-state index contributed by atoms with van der Waals surface area (Å²) in [5, 5.41) is 8.97. The summed E-state index contributed by atoms with van der Waals surface area (Å²) in [5.74, 6) is 0.435. The van der Waals surface area contributed by atoms with Crippen molar-refractivity contribution in [3.05, 3.63) is 72.2 Å². The molecule has 0 saturated heterocycles. The smallest absolute Gasteiger partial charge is 0.288 e. The SMILES string of the molecule is Cc1ccc(-c2nc(CNC(=O)c3ncn[nH]3)[nH]c2-c2ccccn2)cc1. The summed E-state index contributed by atoms with van der Waals surface area (Å²) in [7, 11) is 0. The molecule has 0 unspecified atom stereocenters. The first kappa shape index (κ1) is 16.6. The van der Waals surface area contributed by atoms with E-state index < -0.39 is 0 Å². The third kappa shape index (κ3) is 3.59. The molecule has 0 bridgehead atoms. The molecule has 0 aliphatic carbocycles. The number of H-pyrrole nitrogens is 2. The van der Waals surface area contributed by atoms with Gasteiger partial charge in [-0.1, -0.05) is 35.9 Å². The number of carbonyl (C=O) groups excluding carboxylic acids is 1. The number of pyridine rings is 1. The molecule has 3 N–H and O–H groups in total. The number of imidazole rings is 1. The summed E-state index contributed by atoms with van der Waals surface area (Å²) in [4.78, 5) is 28.3. The lowest BCUT2D eigenvalue weighted by Crippen LogP contribution is -2.24. The van der Waals surface area contributed by atoms with E-state index in [0.29, 0.717) is 5.82 Å². The topological polar surface area (TPSA) is 112 Å². The summed E-state index contributed by atoms with van der Waals surface area (Å²) < 4.78 is 0. The van der Waals surface area contributed by atoms with Crippen LogP contribution in [0.4, 0.5) is 0 Å². The Hall–Kier alpha value is -3.81. The molecule has 0 fully saturated rings. The maximum atomic E-state index is 12.0. The van der Waals surface area contributed by atoms with Crippen LogP contribution in [0, 0.1) is 6.92 Å². The van der Waals surface area contributed by atoms with Crippen LogP contribution >= 0.6 is 0 Å². The number of hydrogen-bond donors (Lipinski definition) is 3. The Balaban J connectivity index is 1.65. The van der Waals surface area contributed by atoms with E-state index in [2.05, 4.69) is 35.5 Å². The van der Waals surface area contributed by atoms with Crippen LogP contribution in [0.25, 0.3) is 22.6 Å². The molecular formula is C19H17N7O. The highest BCUT2D eigenvalue weighted by Gasteiger charge is 2.16. The largest absolute Gasteiger partial charge is 0.342 e. The number of carbonyl (C=O) groups is 1. The van der Waals surface area contributed by atoms with E-state index in [9.17, 15) is 4.79 Å². The van der Waals surface area contributed by atoms with E-state index >= 15 is 0 Å². The van der Waals surface area contributed by atoms with Gasteiger partial charge in [0, 0.05) is 11.8 Å². The molecular weight excluding hydrogens is 342 g/mol. The van der Waals surface area contributed by atoms with Crippen molar-refractivity contribution in [2.45, 2.75) is 13.5 Å². The van der Waals surface area contributed by atoms with Gasteiger partial charge in [0.1, 0.15) is 12.2 Å². The fourth-order valence-electron chi connectivity index (χ4n) is 2.68. The Morgan fingerprint density at radius 2 is 1.96 bits per heavy atom. The van der Waals surface area contributed by atoms with Gasteiger partial charge in [-0.2, -0.15) is 5.10 Å². The van der Waals surface area contributed by atoms with Crippen molar-refractivity contribution in [2.75, 3.05) is 0 Å². The highest BCUT2D eigenvalue weighted by molar-refractivity contribution is 5.90. The monoisotopic (exact) mass is 359 g/mol. The Morgan fingerprint density at radius 3 is 2.67 bits per heavy atom. The molecule has 134 valence electrons. The fourth-order valence-corrected chi connectivity index (χ4v) is 2.68. The molecule has 0 aliphatic heterocycles. The molecule has 0 aliphatic rings. The molecule has 0 radical (unpaired) electrons. The van der Waals surface area contributed by atoms with E-state index in [1.54, 1.807) is 6.20 Å². The van der Waals surface area contributed by atoms with E-state index in [0.717, 1.165) is 22.6 Å². The average molecular weight is 359 g/mol. The van der Waals surface area contributed by atoms with Gasteiger partial charge in [-0.15, -0.1) is 0 Å². The zero-order valence-corrected chi connectivity index (χ0v) is 14.6. The number of nitrogens with zero attached hydrogens (tertiary/aromatic N) is 4. The van der Waals surface area contributed by atoms with Gasteiger partial charge in [-0.25, -0.2) is 9.97 Å². The summed E-state index contributed by atoms with van der Waals surface area (Å²) in [6.07, 6.45) is 3.02. The number of aromatic amines is 2. The van der Waals surface area contributed by atoms with Crippen LogP contribution in [0.5, 0.6) is 0 Å². The number of nitrogens with one attached hydrogen (secondary N) is 3. The lowest BCUT2D eigenvalue weighted by molar-refractivity contribution is 0.0940. The third-order valence-electron chi connectivity index (χ3n) is 4.05. The molecule has 0 spiro atoms. The fraction of sp³-hybridized carbons (Fsp3) is 0.105. The molecule has 3 aromatic heterocycles. The van der Waals surface area contributed by atoms with Crippen molar-refractivity contribution >= 4 is 5.91 Å². The second-order valence-corrected chi connectivity index (χ2v) is 6.00. The summed E-state index contributed by atoms with van der Waals surface area (Å²) in [6.45, 7) is 2.27. The predicted octanol–water partition coefficient (Wildman–Crippen LogP) is 2.50.